The number of anilines is 1. The number of hydrogen-bond acceptors (Lipinski definition) is 2. The molecule has 8 heteroatoms. The third-order valence-corrected chi connectivity index (χ3v) is 5.28. The van der Waals surface area contributed by atoms with Crippen LogP contribution >= 0.6 is 27.5 Å². The molecule has 2 aromatic rings. The van der Waals surface area contributed by atoms with Crippen LogP contribution in [0.4, 0.5) is 14.9 Å². The Morgan fingerprint density at radius 3 is 2.22 bits per heavy atom. The summed E-state index contributed by atoms with van der Waals surface area (Å²) >= 11 is 9.57. The molecule has 1 aliphatic rings. The number of piperazine rings is 1. The van der Waals surface area contributed by atoms with Gasteiger partial charge in [-0.2, -0.15) is 0 Å². The summed E-state index contributed by atoms with van der Waals surface area (Å²) in [5, 5.41) is 0.477. The normalized spacial score (nSPS) is 14.2. The van der Waals surface area contributed by atoms with Crippen LogP contribution in [0.25, 0.3) is 0 Å². The lowest BCUT2D eigenvalue weighted by Crippen LogP contribution is -2.53. The molecule has 0 N–H and O–H groups in total. The minimum atomic E-state index is -0.378. The number of urea groups is 1. The summed E-state index contributed by atoms with van der Waals surface area (Å²) in [5.74, 6) is -0.539. The number of amides is 3. The van der Waals surface area contributed by atoms with E-state index in [4.69, 9.17) is 11.6 Å². The SMILES string of the molecule is CN(C(=O)N1CCN(C(=O)c2ccc(F)cc2)CC1)c1ccc(Br)cc1Cl. The average molecular weight is 455 g/mol. The summed E-state index contributed by atoms with van der Waals surface area (Å²) in [6.07, 6.45) is 0. The second kappa shape index (κ2) is 8.27. The largest absolute Gasteiger partial charge is 0.335 e. The summed E-state index contributed by atoms with van der Waals surface area (Å²) in [6, 6.07) is 10.6. The molecule has 142 valence electrons. The van der Waals surface area contributed by atoms with E-state index in [1.165, 1.54) is 29.2 Å². The van der Waals surface area contributed by atoms with Gasteiger partial charge in [0, 0.05) is 43.3 Å². The van der Waals surface area contributed by atoms with Crippen LogP contribution in [-0.4, -0.2) is 55.0 Å². The third kappa shape index (κ3) is 4.42. The first-order chi connectivity index (χ1) is 12.9. The molecule has 2 aromatic carbocycles. The molecule has 0 unspecified atom stereocenters. The van der Waals surface area contributed by atoms with Crippen molar-refractivity contribution in [2.75, 3.05) is 38.1 Å². The molecule has 0 spiro atoms. The standard InChI is InChI=1S/C19H18BrClFN3O2/c1-23(17-7-4-14(20)12-16(17)21)19(27)25-10-8-24(9-11-25)18(26)13-2-5-15(22)6-3-13/h2-7,12H,8-11H2,1H3. The molecule has 3 rings (SSSR count). The van der Waals surface area contributed by atoms with Gasteiger partial charge in [0.2, 0.25) is 0 Å². The first-order valence-corrected chi connectivity index (χ1v) is 9.56. The predicted octanol–water partition coefficient (Wildman–Crippen LogP) is 4.26. The van der Waals surface area contributed by atoms with Crippen molar-refractivity contribution in [3.63, 3.8) is 0 Å². The Morgan fingerprint density at radius 2 is 1.63 bits per heavy atom. The van der Waals surface area contributed by atoms with Gasteiger partial charge in [0.05, 0.1) is 10.7 Å². The highest BCUT2D eigenvalue weighted by molar-refractivity contribution is 9.10. The zero-order valence-corrected chi connectivity index (χ0v) is 17.0. The third-order valence-electron chi connectivity index (χ3n) is 4.49. The molecule has 0 saturated carbocycles. The number of carbonyl (C=O) groups is 2. The van der Waals surface area contributed by atoms with Gasteiger partial charge < -0.3 is 9.80 Å². The van der Waals surface area contributed by atoms with Gasteiger partial charge in [0.25, 0.3) is 5.91 Å². The van der Waals surface area contributed by atoms with Crippen LogP contribution in [-0.2, 0) is 0 Å². The maximum atomic E-state index is 13.0. The Morgan fingerprint density at radius 1 is 1.04 bits per heavy atom. The van der Waals surface area contributed by atoms with Gasteiger partial charge in [-0.25, -0.2) is 9.18 Å². The summed E-state index contributed by atoms with van der Waals surface area (Å²) in [5.41, 5.74) is 1.06. The molecule has 27 heavy (non-hydrogen) atoms. The number of rotatable bonds is 2. The molecule has 3 amide bonds. The van der Waals surface area contributed by atoms with Gasteiger partial charge in [-0.3, -0.25) is 9.69 Å². The minimum absolute atomic E-state index is 0.161. The molecule has 0 atom stereocenters. The van der Waals surface area contributed by atoms with Crippen molar-refractivity contribution in [3.8, 4) is 0 Å². The summed E-state index contributed by atoms with van der Waals surface area (Å²) < 4.78 is 13.9. The van der Waals surface area contributed by atoms with Gasteiger partial charge in [-0.1, -0.05) is 27.5 Å². The quantitative estimate of drug-likeness (QED) is 0.681. The second-order valence-electron chi connectivity index (χ2n) is 6.22. The average Bonchev–Trinajstić information content (AvgIpc) is 2.67. The van der Waals surface area contributed by atoms with E-state index < -0.39 is 0 Å². The van der Waals surface area contributed by atoms with E-state index in [9.17, 15) is 14.0 Å². The van der Waals surface area contributed by atoms with Crippen molar-refractivity contribution in [3.05, 3.63) is 63.3 Å². The molecular weight excluding hydrogens is 437 g/mol. The van der Waals surface area contributed by atoms with Crippen LogP contribution < -0.4 is 4.90 Å². The van der Waals surface area contributed by atoms with Crippen molar-refractivity contribution in [1.29, 1.82) is 0 Å². The summed E-state index contributed by atoms with van der Waals surface area (Å²) in [4.78, 5) is 30.1. The number of carbonyl (C=O) groups excluding carboxylic acids is 2. The van der Waals surface area contributed by atoms with Crippen molar-refractivity contribution in [2.45, 2.75) is 0 Å². The van der Waals surface area contributed by atoms with Crippen LogP contribution in [0.5, 0.6) is 0 Å². The van der Waals surface area contributed by atoms with Gasteiger partial charge in [0.15, 0.2) is 0 Å². The lowest BCUT2D eigenvalue weighted by atomic mass is 10.2. The highest BCUT2D eigenvalue weighted by Gasteiger charge is 2.27. The van der Waals surface area contributed by atoms with E-state index in [1.807, 2.05) is 6.07 Å². The topological polar surface area (TPSA) is 43.9 Å². The number of benzene rings is 2. The fourth-order valence-electron chi connectivity index (χ4n) is 2.94. The maximum absolute atomic E-state index is 13.0. The maximum Gasteiger partial charge on any atom is 0.324 e. The van der Waals surface area contributed by atoms with Gasteiger partial charge in [-0.15, -0.1) is 0 Å². The Balaban J connectivity index is 1.62. The fraction of sp³-hybridized carbons (Fsp3) is 0.263. The van der Waals surface area contributed by atoms with Crippen molar-refractivity contribution in [2.24, 2.45) is 0 Å². The number of halogens is 3. The molecular formula is C19H18BrClFN3O2. The fourth-order valence-corrected chi connectivity index (χ4v) is 3.74. The van der Waals surface area contributed by atoms with Gasteiger partial charge in [0.1, 0.15) is 5.82 Å². The first kappa shape index (κ1) is 19.6. The predicted molar refractivity (Wildman–Crippen MR) is 107 cm³/mol. The van der Waals surface area contributed by atoms with E-state index in [0.29, 0.717) is 42.5 Å². The molecule has 0 aromatic heterocycles. The zero-order chi connectivity index (χ0) is 19.6. The lowest BCUT2D eigenvalue weighted by molar-refractivity contribution is 0.0669. The van der Waals surface area contributed by atoms with Crippen LogP contribution in [0.2, 0.25) is 5.02 Å². The highest BCUT2D eigenvalue weighted by Crippen LogP contribution is 2.29. The smallest absolute Gasteiger partial charge is 0.324 e. The molecule has 0 bridgehead atoms. The van der Waals surface area contributed by atoms with Crippen LogP contribution in [0, 0.1) is 5.82 Å². The van der Waals surface area contributed by atoms with E-state index >= 15 is 0 Å². The van der Waals surface area contributed by atoms with Gasteiger partial charge >= 0.3 is 6.03 Å². The molecule has 1 fully saturated rings. The highest BCUT2D eigenvalue weighted by atomic mass is 79.9. The molecule has 1 aliphatic heterocycles. The Hall–Kier alpha value is -2.12. The van der Waals surface area contributed by atoms with Gasteiger partial charge in [-0.05, 0) is 42.5 Å². The molecule has 0 radical (unpaired) electrons. The molecule has 1 heterocycles. The van der Waals surface area contributed by atoms with E-state index in [-0.39, 0.29) is 17.8 Å². The van der Waals surface area contributed by atoms with E-state index in [0.717, 1.165) is 4.47 Å². The zero-order valence-electron chi connectivity index (χ0n) is 14.7. The summed E-state index contributed by atoms with van der Waals surface area (Å²) in [7, 11) is 1.67. The minimum Gasteiger partial charge on any atom is -0.335 e. The van der Waals surface area contributed by atoms with Crippen molar-refractivity contribution < 1.29 is 14.0 Å². The summed E-state index contributed by atoms with van der Waals surface area (Å²) in [6.45, 7) is 1.68. The number of nitrogens with zero attached hydrogens (tertiary/aromatic N) is 3. The van der Waals surface area contributed by atoms with Crippen molar-refractivity contribution >= 4 is 45.2 Å². The second-order valence-corrected chi connectivity index (χ2v) is 7.55. The monoisotopic (exact) mass is 453 g/mol. The van der Waals surface area contributed by atoms with Crippen LogP contribution in [0.15, 0.2) is 46.9 Å². The first-order valence-electron chi connectivity index (χ1n) is 8.39. The van der Waals surface area contributed by atoms with Crippen molar-refractivity contribution in [1.82, 2.24) is 9.80 Å². The Kier molecular flexibility index (Phi) is 6.01. The van der Waals surface area contributed by atoms with Crippen LogP contribution in [0.3, 0.4) is 0 Å². The molecule has 5 nitrogen and oxygen atoms in total. The van der Waals surface area contributed by atoms with Crippen LogP contribution in [0.1, 0.15) is 10.4 Å². The Labute approximate surface area is 170 Å². The lowest BCUT2D eigenvalue weighted by Gasteiger charge is -2.36. The Bertz CT molecular complexity index is 855. The molecule has 1 saturated heterocycles. The van der Waals surface area contributed by atoms with E-state index in [2.05, 4.69) is 15.9 Å². The molecule has 0 aliphatic carbocycles. The number of hydrogen-bond donors (Lipinski definition) is 0. The van der Waals surface area contributed by atoms with E-state index in [1.54, 1.807) is 29.0 Å².